The van der Waals surface area contributed by atoms with E-state index in [4.69, 9.17) is 0 Å². The van der Waals surface area contributed by atoms with Gasteiger partial charge in [0.1, 0.15) is 10.7 Å². The van der Waals surface area contributed by atoms with Gasteiger partial charge in [0.2, 0.25) is 0 Å². The van der Waals surface area contributed by atoms with E-state index in [0.717, 1.165) is 0 Å². The zero-order chi connectivity index (χ0) is 14.8. The smallest absolute Gasteiger partial charge is 0.265 e. The molecule has 108 valence electrons. The van der Waals surface area contributed by atoms with Crippen molar-refractivity contribution in [3.05, 3.63) is 29.7 Å². The van der Waals surface area contributed by atoms with Crippen LogP contribution in [0.1, 0.15) is 18.3 Å². The summed E-state index contributed by atoms with van der Waals surface area (Å²) >= 11 is 0. The molecule has 8 heteroatoms. The van der Waals surface area contributed by atoms with E-state index in [1.54, 1.807) is 26.1 Å². The molecule has 0 spiro atoms. The lowest BCUT2D eigenvalue weighted by Crippen LogP contribution is -2.17. The lowest BCUT2D eigenvalue weighted by Gasteiger charge is -2.12. The zero-order valence-electron chi connectivity index (χ0n) is 11.6. The number of anilines is 2. The molecule has 2 aromatic rings. The largest absolute Gasteiger partial charge is 0.369 e. The molecule has 3 N–H and O–H groups in total. The number of rotatable bonds is 5. The van der Waals surface area contributed by atoms with Gasteiger partial charge >= 0.3 is 0 Å². The molecular weight excluding hydrogens is 278 g/mol. The summed E-state index contributed by atoms with van der Waals surface area (Å²) in [5.41, 5.74) is 1.73. The Morgan fingerprint density at radius 1 is 1.35 bits per heavy atom. The van der Waals surface area contributed by atoms with Crippen LogP contribution in [0.25, 0.3) is 0 Å². The lowest BCUT2D eigenvalue weighted by atomic mass is 10.3. The third-order valence-electron chi connectivity index (χ3n) is 2.77. The van der Waals surface area contributed by atoms with Crippen molar-refractivity contribution in [1.82, 2.24) is 15.2 Å². The van der Waals surface area contributed by atoms with Gasteiger partial charge in [-0.3, -0.25) is 9.82 Å². The highest BCUT2D eigenvalue weighted by molar-refractivity contribution is 7.92. The summed E-state index contributed by atoms with van der Waals surface area (Å²) in [5, 5.41) is 9.65. The Hall–Kier alpha value is -2.09. The van der Waals surface area contributed by atoms with Gasteiger partial charge in [0.15, 0.2) is 0 Å². The molecule has 0 aliphatic rings. The quantitative estimate of drug-likeness (QED) is 0.779. The fraction of sp³-hybridized carbons (Fsp3) is 0.333. The molecule has 7 nitrogen and oxygen atoms in total. The minimum Gasteiger partial charge on any atom is -0.369 e. The van der Waals surface area contributed by atoms with Crippen LogP contribution in [0.2, 0.25) is 0 Å². The Balaban J connectivity index is 2.41. The number of nitrogens with zero attached hydrogens (tertiary/aromatic N) is 2. The Kier molecular flexibility index (Phi) is 3.93. The molecule has 0 aromatic carbocycles. The van der Waals surface area contributed by atoms with E-state index in [1.165, 1.54) is 6.07 Å². The third kappa shape index (κ3) is 2.74. The zero-order valence-corrected chi connectivity index (χ0v) is 12.4. The molecule has 0 fully saturated rings. The number of hydrogen-bond donors (Lipinski definition) is 3. The van der Waals surface area contributed by atoms with Gasteiger partial charge < -0.3 is 5.32 Å². The van der Waals surface area contributed by atoms with E-state index in [0.29, 0.717) is 29.4 Å². The van der Waals surface area contributed by atoms with Crippen LogP contribution in [-0.4, -0.2) is 30.1 Å². The molecule has 0 saturated carbocycles. The second kappa shape index (κ2) is 5.49. The van der Waals surface area contributed by atoms with Gasteiger partial charge in [-0.25, -0.2) is 13.4 Å². The number of hydrogen-bond acceptors (Lipinski definition) is 5. The first-order chi connectivity index (χ1) is 9.45. The van der Waals surface area contributed by atoms with Gasteiger partial charge in [-0.2, -0.15) is 5.10 Å². The first kappa shape index (κ1) is 14.3. The van der Waals surface area contributed by atoms with Crippen molar-refractivity contribution in [2.24, 2.45) is 0 Å². The molecule has 0 atom stereocenters. The summed E-state index contributed by atoms with van der Waals surface area (Å²) in [6, 6.07) is 3.10. The SMILES string of the molecule is CCNc1ncccc1S(=O)(=O)Nc1c(C)n[nH]c1C. The van der Waals surface area contributed by atoms with Crippen LogP contribution in [0.4, 0.5) is 11.5 Å². The average molecular weight is 295 g/mol. The van der Waals surface area contributed by atoms with Gasteiger partial charge in [-0.1, -0.05) is 0 Å². The van der Waals surface area contributed by atoms with Crippen LogP contribution >= 0.6 is 0 Å². The maximum absolute atomic E-state index is 12.5. The van der Waals surface area contributed by atoms with Crippen molar-refractivity contribution in [2.75, 3.05) is 16.6 Å². The topological polar surface area (TPSA) is 99.8 Å². The number of nitrogens with one attached hydrogen (secondary N) is 3. The normalized spacial score (nSPS) is 11.3. The number of aryl methyl sites for hydroxylation is 2. The molecule has 2 heterocycles. The van der Waals surface area contributed by atoms with Crippen LogP contribution in [0.15, 0.2) is 23.2 Å². The summed E-state index contributed by atoms with van der Waals surface area (Å²) in [7, 11) is -3.72. The van der Waals surface area contributed by atoms with Crippen molar-refractivity contribution in [2.45, 2.75) is 25.7 Å². The highest BCUT2D eigenvalue weighted by atomic mass is 32.2. The van der Waals surface area contributed by atoms with Crippen LogP contribution in [0.3, 0.4) is 0 Å². The number of aromatic nitrogens is 3. The molecule has 0 saturated heterocycles. The summed E-state index contributed by atoms with van der Waals surface area (Å²) in [5.74, 6) is 0.335. The fourth-order valence-electron chi connectivity index (χ4n) is 1.80. The summed E-state index contributed by atoms with van der Waals surface area (Å²) in [6.45, 7) is 5.95. The molecule has 2 aromatic heterocycles. The number of pyridine rings is 1. The fourth-order valence-corrected chi connectivity index (χ4v) is 3.11. The molecule has 2 rings (SSSR count). The third-order valence-corrected chi connectivity index (χ3v) is 4.15. The van der Waals surface area contributed by atoms with Crippen LogP contribution in [-0.2, 0) is 10.0 Å². The average Bonchev–Trinajstić information content (AvgIpc) is 2.71. The van der Waals surface area contributed by atoms with Gasteiger partial charge in [-0.05, 0) is 32.9 Å². The maximum Gasteiger partial charge on any atom is 0.265 e. The lowest BCUT2D eigenvalue weighted by molar-refractivity contribution is 0.601. The predicted octanol–water partition coefficient (Wildman–Crippen LogP) is 1.65. The van der Waals surface area contributed by atoms with Crippen molar-refractivity contribution < 1.29 is 8.42 Å². The molecule has 20 heavy (non-hydrogen) atoms. The monoisotopic (exact) mass is 295 g/mol. The van der Waals surface area contributed by atoms with E-state index in [-0.39, 0.29) is 4.90 Å². The molecule has 0 radical (unpaired) electrons. The van der Waals surface area contributed by atoms with Crippen LogP contribution < -0.4 is 10.0 Å². The number of H-pyrrole nitrogens is 1. The second-order valence-electron chi connectivity index (χ2n) is 4.29. The highest BCUT2D eigenvalue weighted by Gasteiger charge is 2.21. The van der Waals surface area contributed by atoms with Crippen molar-refractivity contribution in [3.8, 4) is 0 Å². The van der Waals surface area contributed by atoms with E-state index in [9.17, 15) is 8.42 Å². The van der Waals surface area contributed by atoms with Gasteiger partial charge in [0, 0.05) is 12.7 Å². The van der Waals surface area contributed by atoms with E-state index < -0.39 is 10.0 Å². The molecular formula is C12H17N5O2S. The second-order valence-corrected chi connectivity index (χ2v) is 5.95. The van der Waals surface area contributed by atoms with E-state index in [2.05, 4.69) is 25.2 Å². The van der Waals surface area contributed by atoms with Crippen molar-refractivity contribution in [1.29, 1.82) is 0 Å². The summed E-state index contributed by atoms with van der Waals surface area (Å²) < 4.78 is 27.5. The number of sulfonamides is 1. The van der Waals surface area contributed by atoms with Gasteiger partial charge in [-0.15, -0.1) is 0 Å². The van der Waals surface area contributed by atoms with E-state index >= 15 is 0 Å². The standard InChI is InChI=1S/C12H17N5O2S/c1-4-13-12-10(6-5-7-14-12)20(18,19)17-11-8(2)15-16-9(11)3/h5-7,17H,4H2,1-3H3,(H,13,14)(H,15,16). The predicted molar refractivity (Wildman–Crippen MR) is 77.3 cm³/mol. The van der Waals surface area contributed by atoms with Crippen molar-refractivity contribution in [3.63, 3.8) is 0 Å². The van der Waals surface area contributed by atoms with Crippen LogP contribution in [0, 0.1) is 13.8 Å². The van der Waals surface area contributed by atoms with Gasteiger partial charge in [0.05, 0.1) is 17.1 Å². The molecule has 0 aliphatic heterocycles. The number of aromatic amines is 1. The Morgan fingerprint density at radius 3 is 2.70 bits per heavy atom. The molecule has 0 amide bonds. The summed E-state index contributed by atoms with van der Waals surface area (Å²) in [6.07, 6.45) is 1.55. The Morgan fingerprint density at radius 2 is 2.10 bits per heavy atom. The molecule has 0 aliphatic carbocycles. The first-order valence-electron chi connectivity index (χ1n) is 6.19. The highest BCUT2D eigenvalue weighted by Crippen LogP contribution is 2.24. The maximum atomic E-state index is 12.5. The van der Waals surface area contributed by atoms with Crippen molar-refractivity contribution >= 4 is 21.5 Å². The molecule has 0 bridgehead atoms. The summed E-state index contributed by atoms with van der Waals surface area (Å²) in [4.78, 5) is 4.17. The molecule has 0 unspecified atom stereocenters. The first-order valence-corrected chi connectivity index (χ1v) is 7.67. The van der Waals surface area contributed by atoms with E-state index in [1.807, 2.05) is 6.92 Å². The van der Waals surface area contributed by atoms with Crippen LogP contribution in [0.5, 0.6) is 0 Å². The Bertz CT molecular complexity index is 689. The van der Waals surface area contributed by atoms with Gasteiger partial charge in [0.25, 0.3) is 10.0 Å². The minimum absolute atomic E-state index is 0.113. The minimum atomic E-state index is -3.72. The Labute approximate surface area is 117 Å².